The number of piperidine rings is 1. The van der Waals surface area contributed by atoms with Crippen LogP contribution in [0.1, 0.15) is 30.9 Å². The van der Waals surface area contributed by atoms with Crippen LogP contribution in [0.3, 0.4) is 0 Å². The van der Waals surface area contributed by atoms with Crippen molar-refractivity contribution in [1.29, 1.82) is 0 Å². The van der Waals surface area contributed by atoms with E-state index in [1.165, 1.54) is 30.5 Å². The summed E-state index contributed by atoms with van der Waals surface area (Å²) in [5, 5.41) is 3.37. The van der Waals surface area contributed by atoms with Gasteiger partial charge >= 0.3 is 0 Å². The minimum atomic E-state index is 0.420. The zero-order chi connectivity index (χ0) is 14.2. The van der Waals surface area contributed by atoms with E-state index in [0.717, 1.165) is 32.6 Å². The van der Waals surface area contributed by atoms with E-state index in [0.29, 0.717) is 6.10 Å². The molecule has 1 atom stereocenters. The van der Waals surface area contributed by atoms with Crippen LogP contribution in [-0.4, -0.2) is 44.3 Å². The van der Waals surface area contributed by atoms with Crippen LogP contribution >= 0.6 is 0 Å². The highest BCUT2D eigenvalue weighted by atomic mass is 16.5. The molecule has 1 N–H and O–H groups in total. The smallest absolute Gasteiger partial charge is 0.0698 e. The summed E-state index contributed by atoms with van der Waals surface area (Å²) in [6, 6.07) is 9.09. The van der Waals surface area contributed by atoms with Crippen molar-refractivity contribution >= 4 is 0 Å². The van der Waals surface area contributed by atoms with Gasteiger partial charge in [-0.25, -0.2) is 0 Å². The summed E-state index contributed by atoms with van der Waals surface area (Å²) in [4.78, 5) is 2.51. The molecular formula is C17H28N2O. The third kappa shape index (κ3) is 4.89. The van der Waals surface area contributed by atoms with Crippen LogP contribution in [0, 0.1) is 0 Å². The number of ether oxygens (including phenoxy) is 1. The maximum Gasteiger partial charge on any atom is 0.0698 e. The fraction of sp³-hybridized carbons (Fsp3) is 0.647. The van der Waals surface area contributed by atoms with Crippen molar-refractivity contribution in [1.82, 2.24) is 10.2 Å². The van der Waals surface area contributed by atoms with Crippen LogP contribution in [0.4, 0.5) is 0 Å². The summed E-state index contributed by atoms with van der Waals surface area (Å²) >= 11 is 0. The number of rotatable bonds is 7. The molecule has 1 aromatic carbocycles. The SMILES string of the molecule is CCNCCc1ccc(CN2CCCC(OC)C2)cc1. The molecule has 0 spiro atoms. The van der Waals surface area contributed by atoms with Crippen molar-refractivity contribution in [3.05, 3.63) is 35.4 Å². The normalized spacial score (nSPS) is 20.2. The van der Waals surface area contributed by atoms with Gasteiger partial charge in [0.05, 0.1) is 6.10 Å². The van der Waals surface area contributed by atoms with Gasteiger partial charge in [0, 0.05) is 20.2 Å². The lowest BCUT2D eigenvalue weighted by Gasteiger charge is -2.31. The first-order valence-corrected chi connectivity index (χ1v) is 7.85. The molecule has 0 bridgehead atoms. The number of hydrogen-bond acceptors (Lipinski definition) is 3. The van der Waals surface area contributed by atoms with Gasteiger partial charge in [-0.05, 0) is 50.0 Å². The van der Waals surface area contributed by atoms with Gasteiger partial charge in [-0.15, -0.1) is 0 Å². The van der Waals surface area contributed by atoms with E-state index in [2.05, 4.69) is 41.4 Å². The number of likely N-dealkylation sites (N-methyl/N-ethyl adjacent to an activating group) is 1. The van der Waals surface area contributed by atoms with Crippen molar-refractivity contribution in [3.63, 3.8) is 0 Å². The van der Waals surface area contributed by atoms with Crippen LogP contribution in [0.2, 0.25) is 0 Å². The van der Waals surface area contributed by atoms with Gasteiger partial charge in [0.25, 0.3) is 0 Å². The molecule has 1 fully saturated rings. The van der Waals surface area contributed by atoms with E-state index < -0.39 is 0 Å². The lowest BCUT2D eigenvalue weighted by molar-refractivity contribution is 0.0285. The number of likely N-dealkylation sites (tertiary alicyclic amines) is 1. The second-order valence-corrected chi connectivity index (χ2v) is 5.66. The molecule has 0 aromatic heterocycles. The quantitative estimate of drug-likeness (QED) is 0.774. The number of benzene rings is 1. The van der Waals surface area contributed by atoms with Crippen molar-refractivity contribution in [2.75, 3.05) is 33.3 Å². The Labute approximate surface area is 123 Å². The minimum absolute atomic E-state index is 0.420. The summed E-state index contributed by atoms with van der Waals surface area (Å²) in [6.07, 6.45) is 3.99. The predicted molar refractivity (Wildman–Crippen MR) is 84.0 cm³/mol. The van der Waals surface area contributed by atoms with Crippen LogP contribution in [0.15, 0.2) is 24.3 Å². The van der Waals surface area contributed by atoms with Crippen molar-refractivity contribution in [2.45, 2.75) is 38.8 Å². The third-order valence-corrected chi connectivity index (χ3v) is 4.07. The molecule has 112 valence electrons. The summed E-state index contributed by atoms with van der Waals surface area (Å²) in [5.74, 6) is 0. The molecule has 0 radical (unpaired) electrons. The van der Waals surface area contributed by atoms with E-state index in [9.17, 15) is 0 Å². The summed E-state index contributed by atoms with van der Waals surface area (Å²) in [6.45, 7) is 7.58. The van der Waals surface area contributed by atoms with Gasteiger partial charge in [0.1, 0.15) is 0 Å². The molecule has 1 unspecified atom stereocenters. The fourth-order valence-corrected chi connectivity index (χ4v) is 2.83. The highest BCUT2D eigenvalue weighted by molar-refractivity contribution is 5.22. The molecule has 1 heterocycles. The first-order chi connectivity index (χ1) is 9.81. The Morgan fingerprint density at radius 2 is 2.00 bits per heavy atom. The Bertz CT molecular complexity index is 377. The van der Waals surface area contributed by atoms with Crippen LogP contribution in [-0.2, 0) is 17.7 Å². The highest BCUT2D eigenvalue weighted by Gasteiger charge is 2.19. The van der Waals surface area contributed by atoms with E-state index in [4.69, 9.17) is 4.74 Å². The van der Waals surface area contributed by atoms with Crippen molar-refractivity contribution in [3.8, 4) is 0 Å². The van der Waals surface area contributed by atoms with Crippen LogP contribution < -0.4 is 5.32 Å². The van der Waals surface area contributed by atoms with E-state index in [1.54, 1.807) is 0 Å². The Morgan fingerprint density at radius 3 is 2.70 bits per heavy atom. The minimum Gasteiger partial charge on any atom is -0.380 e. The lowest BCUT2D eigenvalue weighted by Crippen LogP contribution is -2.38. The molecule has 0 amide bonds. The van der Waals surface area contributed by atoms with Crippen LogP contribution in [0.5, 0.6) is 0 Å². The molecule has 0 saturated carbocycles. The van der Waals surface area contributed by atoms with Gasteiger partial charge in [0.15, 0.2) is 0 Å². The first kappa shape index (κ1) is 15.5. The zero-order valence-corrected chi connectivity index (χ0v) is 12.9. The Morgan fingerprint density at radius 1 is 1.25 bits per heavy atom. The lowest BCUT2D eigenvalue weighted by atomic mass is 10.1. The molecule has 0 aliphatic carbocycles. The molecule has 1 aliphatic heterocycles. The average Bonchev–Trinajstić information content (AvgIpc) is 2.49. The fourth-order valence-electron chi connectivity index (χ4n) is 2.83. The Kier molecular flexibility index (Phi) is 6.51. The second-order valence-electron chi connectivity index (χ2n) is 5.66. The van der Waals surface area contributed by atoms with Gasteiger partial charge in [-0.3, -0.25) is 4.90 Å². The van der Waals surface area contributed by atoms with Crippen molar-refractivity contribution in [2.24, 2.45) is 0 Å². The average molecular weight is 276 g/mol. The predicted octanol–water partition coefficient (Wildman–Crippen LogP) is 2.45. The number of nitrogens with zero attached hydrogens (tertiary/aromatic N) is 1. The summed E-state index contributed by atoms with van der Waals surface area (Å²) in [7, 11) is 1.83. The standard InChI is InChI=1S/C17H28N2O/c1-3-18-11-10-15-6-8-16(9-7-15)13-19-12-4-5-17(14-19)20-2/h6-9,17-18H,3-5,10-14H2,1-2H3. The second kappa shape index (κ2) is 8.40. The molecule has 1 aromatic rings. The van der Waals surface area contributed by atoms with Gasteiger partial charge in [-0.1, -0.05) is 31.2 Å². The topological polar surface area (TPSA) is 24.5 Å². The Balaban J connectivity index is 1.80. The highest BCUT2D eigenvalue weighted by Crippen LogP contribution is 2.16. The van der Waals surface area contributed by atoms with Crippen molar-refractivity contribution < 1.29 is 4.74 Å². The molecule has 20 heavy (non-hydrogen) atoms. The maximum atomic E-state index is 5.48. The summed E-state index contributed by atoms with van der Waals surface area (Å²) in [5.41, 5.74) is 2.83. The zero-order valence-electron chi connectivity index (χ0n) is 12.9. The van der Waals surface area contributed by atoms with E-state index in [1.807, 2.05) is 7.11 Å². The van der Waals surface area contributed by atoms with Gasteiger partial charge in [0.2, 0.25) is 0 Å². The Hall–Kier alpha value is -0.900. The van der Waals surface area contributed by atoms with E-state index in [-0.39, 0.29) is 0 Å². The largest absolute Gasteiger partial charge is 0.380 e. The molecule has 3 nitrogen and oxygen atoms in total. The number of hydrogen-bond donors (Lipinski definition) is 1. The van der Waals surface area contributed by atoms with Crippen LogP contribution in [0.25, 0.3) is 0 Å². The van der Waals surface area contributed by atoms with E-state index >= 15 is 0 Å². The number of methoxy groups -OCH3 is 1. The molecule has 1 saturated heterocycles. The van der Waals surface area contributed by atoms with Gasteiger partial charge < -0.3 is 10.1 Å². The van der Waals surface area contributed by atoms with Gasteiger partial charge in [-0.2, -0.15) is 0 Å². The molecule has 3 heteroatoms. The summed E-state index contributed by atoms with van der Waals surface area (Å²) < 4.78 is 5.48. The molecule has 2 rings (SSSR count). The first-order valence-electron chi connectivity index (χ1n) is 7.85. The molecule has 1 aliphatic rings. The molecular weight excluding hydrogens is 248 g/mol. The number of nitrogens with one attached hydrogen (secondary N) is 1. The maximum absolute atomic E-state index is 5.48. The third-order valence-electron chi connectivity index (χ3n) is 4.07. The monoisotopic (exact) mass is 276 g/mol.